The molecule has 156 valence electrons. The van der Waals surface area contributed by atoms with E-state index in [0.29, 0.717) is 28.7 Å². The summed E-state index contributed by atoms with van der Waals surface area (Å²) in [6.45, 7) is 4.29. The fourth-order valence-corrected chi connectivity index (χ4v) is 5.79. The number of hydrogen-bond donors (Lipinski definition) is 0. The van der Waals surface area contributed by atoms with Gasteiger partial charge in [-0.1, -0.05) is 24.3 Å². The van der Waals surface area contributed by atoms with Gasteiger partial charge in [-0.05, 0) is 55.1 Å². The zero-order valence-corrected chi connectivity index (χ0v) is 18.5. The molecule has 2 unspecified atom stereocenters. The maximum absolute atomic E-state index is 14.3. The second-order valence-electron chi connectivity index (χ2n) is 7.83. The topological polar surface area (TPSA) is 77.7 Å². The summed E-state index contributed by atoms with van der Waals surface area (Å²) in [7, 11) is -3.14. The van der Waals surface area contributed by atoms with E-state index >= 15 is 0 Å². The standard InChI is InChI=1S/C20H25FN4O2S2/c1-4-13-9-14-5-6-16(21)15(14)10-17(13)28-20-24-18-12(2)22-11-23-19(18)25(20)7-8-29(3,26)27/h10-11,13,16H,4-9H2,1-3H3. The van der Waals surface area contributed by atoms with Crippen LogP contribution in [0.3, 0.4) is 0 Å². The van der Waals surface area contributed by atoms with Crippen LogP contribution in [-0.2, 0) is 16.4 Å². The molecule has 0 fully saturated rings. The molecule has 0 saturated carbocycles. The lowest BCUT2D eigenvalue weighted by atomic mass is 9.89. The zero-order chi connectivity index (χ0) is 20.8. The van der Waals surface area contributed by atoms with Gasteiger partial charge in [0, 0.05) is 12.8 Å². The molecule has 0 spiro atoms. The van der Waals surface area contributed by atoms with E-state index in [-0.39, 0.29) is 12.3 Å². The van der Waals surface area contributed by atoms with Gasteiger partial charge in [0.15, 0.2) is 10.8 Å². The molecule has 9 heteroatoms. The summed E-state index contributed by atoms with van der Waals surface area (Å²) >= 11 is 1.51. The third-order valence-corrected chi connectivity index (χ3v) is 7.81. The molecule has 2 aliphatic carbocycles. The SMILES string of the molecule is CCC1CC2=C(C=C1Sc1nc3c(C)ncnc3n1CCS(C)(=O)=O)C(F)CC2. The van der Waals surface area contributed by atoms with Gasteiger partial charge in [-0.15, -0.1) is 0 Å². The number of rotatable bonds is 6. The molecule has 6 nitrogen and oxygen atoms in total. The van der Waals surface area contributed by atoms with E-state index in [1.54, 1.807) is 0 Å². The van der Waals surface area contributed by atoms with Gasteiger partial charge in [0.2, 0.25) is 0 Å². The summed E-state index contributed by atoms with van der Waals surface area (Å²) in [6, 6.07) is 0. The average Bonchev–Trinajstić information content (AvgIpc) is 3.20. The van der Waals surface area contributed by atoms with Gasteiger partial charge < -0.3 is 4.57 Å². The van der Waals surface area contributed by atoms with Crippen molar-refractivity contribution in [2.75, 3.05) is 12.0 Å². The Morgan fingerprint density at radius 3 is 2.86 bits per heavy atom. The monoisotopic (exact) mass is 436 g/mol. The van der Waals surface area contributed by atoms with Crippen molar-refractivity contribution in [3.05, 3.63) is 34.1 Å². The molecule has 0 bridgehead atoms. The molecule has 0 aromatic carbocycles. The number of fused-ring (bicyclic) bond motifs is 1. The lowest BCUT2D eigenvalue weighted by Crippen LogP contribution is -2.14. The Bertz CT molecular complexity index is 1120. The van der Waals surface area contributed by atoms with E-state index in [1.165, 1.54) is 29.9 Å². The molecular formula is C20H25FN4O2S2. The number of aromatic nitrogens is 4. The van der Waals surface area contributed by atoms with Crippen LogP contribution in [-0.4, -0.2) is 46.1 Å². The quantitative estimate of drug-likeness (QED) is 0.681. The number of thioether (sulfide) groups is 1. The summed E-state index contributed by atoms with van der Waals surface area (Å²) in [5.74, 6) is 0.340. The Balaban J connectivity index is 1.75. The highest BCUT2D eigenvalue weighted by atomic mass is 32.2. The van der Waals surface area contributed by atoms with Gasteiger partial charge in [-0.25, -0.2) is 27.8 Å². The summed E-state index contributed by atoms with van der Waals surface area (Å²) in [5, 5.41) is 0.689. The Morgan fingerprint density at radius 1 is 1.34 bits per heavy atom. The number of imidazole rings is 1. The van der Waals surface area contributed by atoms with Crippen LogP contribution in [0.4, 0.5) is 4.39 Å². The fourth-order valence-electron chi connectivity index (χ4n) is 4.03. The van der Waals surface area contributed by atoms with Gasteiger partial charge >= 0.3 is 0 Å². The van der Waals surface area contributed by atoms with Gasteiger partial charge in [-0.2, -0.15) is 0 Å². The molecule has 0 saturated heterocycles. The summed E-state index contributed by atoms with van der Waals surface area (Å²) in [6.07, 6.45) is 7.13. The highest BCUT2D eigenvalue weighted by Gasteiger charge is 2.32. The molecule has 2 aromatic rings. The van der Waals surface area contributed by atoms with Crippen molar-refractivity contribution < 1.29 is 12.8 Å². The van der Waals surface area contributed by atoms with Crippen LogP contribution >= 0.6 is 11.8 Å². The Labute approximate surface area is 174 Å². The third-order valence-electron chi connectivity index (χ3n) is 5.71. The third kappa shape index (κ3) is 4.12. The number of hydrogen-bond acceptors (Lipinski definition) is 6. The van der Waals surface area contributed by atoms with Crippen LogP contribution in [0.2, 0.25) is 0 Å². The van der Waals surface area contributed by atoms with Crippen molar-refractivity contribution in [2.45, 2.75) is 57.4 Å². The second kappa shape index (κ2) is 7.83. The van der Waals surface area contributed by atoms with Crippen LogP contribution < -0.4 is 0 Å². The minimum atomic E-state index is -3.14. The molecule has 0 amide bonds. The number of nitrogens with zero attached hydrogens (tertiary/aromatic N) is 4. The molecular weight excluding hydrogens is 411 g/mol. The molecule has 29 heavy (non-hydrogen) atoms. The molecule has 2 aromatic heterocycles. The number of sulfone groups is 1. The van der Waals surface area contributed by atoms with Gasteiger partial charge in [0.05, 0.1) is 11.4 Å². The first-order valence-corrected chi connectivity index (χ1v) is 12.8. The molecule has 0 N–H and O–H groups in total. The van der Waals surface area contributed by atoms with E-state index in [1.807, 2.05) is 17.6 Å². The predicted octanol–water partition coefficient (Wildman–Crippen LogP) is 4.01. The van der Waals surface area contributed by atoms with E-state index in [4.69, 9.17) is 4.98 Å². The zero-order valence-electron chi connectivity index (χ0n) is 16.9. The second-order valence-corrected chi connectivity index (χ2v) is 11.1. The molecule has 4 rings (SSSR count). The summed E-state index contributed by atoms with van der Waals surface area (Å²) in [4.78, 5) is 14.4. The first-order valence-electron chi connectivity index (χ1n) is 9.87. The minimum absolute atomic E-state index is 0.00712. The molecule has 0 aliphatic heterocycles. The highest BCUT2D eigenvalue weighted by molar-refractivity contribution is 8.03. The van der Waals surface area contributed by atoms with Gasteiger partial charge in [0.1, 0.15) is 27.9 Å². The van der Waals surface area contributed by atoms with Crippen molar-refractivity contribution in [1.29, 1.82) is 0 Å². The fraction of sp³-hybridized carbons (Fsp3) is 0.550. The van der Waals surface area contributed by atoms with Crippen molar-refractivity contribution in [3.63, 3.8) is 0 Å². The highest BCUT2D eigenvalue weighted by Crippen LogP contribution is 2.46. The number of alkyl halides is 1. The first kappa shape index (κ1) is 20.5. The van der Waals surface area contributed by atoms with Crippen molar-refractivity contribution in [2.24, 2.45) is 5.92 Å². The summed E-state index contributed by atoms with van der Waals surface area (Å²) in [5.41, 5.74) is 4.16. The van der Waals surface area contributed by atoms with Crippen LogP contribution in [0.15, 0.2) is 33.6 Å². The van der Waals surface area contributed by atoms with Crippen LogP contribution in [0.25, 0.3) is 11.2 Å². The van der Waals surface area contributed by atoms with Crippen molar-refractivity contribution in [3.8, 4) is 0 Å². The normalized spacial score (nSPS) is 22.3. The van der Waals surface area contributed by atoms with E-state index in [2.05, 4.69) is 16.9 Å². The lowest BCUT2D eigenvalue weighted by Gasteiger charge is -2.24. The average molecular weight is 437 g/mol. The molecule has 2 aliphatic rings. The molecule has 2 heterocycles. The lowest BCUT2D eigenvalue weighted by molar-refractivity contribution is 0.384. The van der Waals surface area contributed by atoms with E-state index in [9.17, 15) is 12.8 Å². The summed E-state index contributed by atoms with van der Waals surface area (Å²) < 4.78 is 39.7. The smallest absolute Gasteiger partial charge is 0.174 e. The Kier molecular flexibility index (Phi) is 5.54. The van der Waals surface area contributed by atoms with Crippen LogP contribution in [0.1, 0.15) is 38.3 Å². The Morgan fingerprint density at radius 2 is 2.14 bits per heavy atom. The maximum Gasteiger partial charge on any atom is 0.174 e. The largest absolute Gasteiger partial charge is 0.302 e. The Hall–Kier alpha value is -1.74. The molecule has 2 atom stereocenters. The van der Waals surface area contributed by atoms with Crippen molar-refractivity contribution in [1.82, 2.24) is 19.5 Å². The number of halogens is 1. The van der Waals surface area contributed by atoms with Gasteiger partial charge in [-0.3, -0.25) is 0 Å². The van der Waals surface area contributed by atoms with Gasteiger partial charge in [0.25, 0.3) is 0 Å². The minimum Gasteiger partial charge on any atom is -0.302 e. The molecule has 0 radical (unpaired) electrons. The number of allylic oxidation sites excluding steroid dienone is 4. The van der Waals surface area contributed by atoms with E-state index < -0.39 is 16.0 Å². The predicted molar refractivity (Wildman–Crippen MR) is 113 cm³/mol. The number of aryl methyl sites for hydroxylation is 2. The maximum atomic E-state index is 14.3. The first-order chi connectivity index (χ1) is 13.8. The van der Waals surface area contributed by atoms with Crippen LogP contribution in [0.5, 0.6) is 0 Å². The van der Waals surface area contributed by atoms with E-state index in [0.717, 1.165) is 35.4 Å². The van der Waals surface area contributed by atoms with Crippen molar-refractivity contribution >= 4 is 32.8 Å². The van der Waals surface area contributed by atoms with Crippen LogP contribution in [0, 0.1) is 12.8 Å².